The largest absolute Gasteiger partial charge is 0.461 e. The molecule has 0 amide bonds. The maximum atomic E-state index is 12.0. The number of carbonyl (C=O) groups is 2. The third kappa shape index (κ3) is 5.84. The summed E-state index contributed by atoms with van der Waals surface area (Å²) in [5.74, 6) is -0.663. The van der Waals surface area contributed by atoms with Gasteiger partial charge in [-0.3, -0.25) is 0 Å². The van der Waals surface area contributed by atoms with Crippen LogP contribution in [0.1, 0.15) is 67.4 Å². The van der Waals surface area contributed by atoms with Crippen LogP contribution in [-0.4, -0.2) is 30.1 Å². The van der Waals surface area contributed by atoms with E-state index in [1.807, 2.05) is 6.92 Å². The molecule has 0 aromatic carbocycles. The molecular formula is C17H25NO4. The van der Waals surface area contributed by atoms with Crippen LogP contribution in [0.3, 0.4) is 0 Å². The van der Waals surface area contributed by atoms with Gasteiger partial charge in [-0.2, -0.15) is 0 Å². The molecule has 1 aromatic heterocycles. The second-order valence-electron chi connectivity index (χ2n) is 5.18. The third-order valence-corrected chi connectivity index (χ3v) is 3.50. The van der Waals surface area contributed by atoms with Crippen LogP contribution in [0.25, 0.3) is 0 Å². The van der Waals surface area contributed by atoms with E-state index in [4.69, 9.17) is 9.47 Å². The Morgan fingerprint density at radius 2 is 1.64 bits per heavy atom. The van der Waals surface area contributed by atoms with Crippen molar-refractivity contribution in [1.82, 2.24) is 4.98 Å². The molecule has 0 aliphatic rings. The normalized spacial score (nSPS) is 10.5. The molecule has 1 aromatic rings. The maximum absolute atomic E-state index is 12.0. The van der Waals surface area contributed by atoms with E-state index in [0.29, 0.717) is 19.1 Å². The Labute approximate surface area is 132 Å². The predicted molar refractivity (Wildman–Crippen MR) is 83.8 cm³/mol. The lowest BCUT2D eigenvalue weighted by molar-refractivity contribution is 0.0425. The van der Waals surface area contributed by atoms with Gasteiger partial charge in [-0.25, -0.2) is 14.6 Å². The van der Waals surface area contributed by atoms with Crippen molar-refractivity contribution in [2.45, 2.75) is 46.5 Å². The van der Waals surface area contributed by atoms with E-state index in [1.165, 1.54) is 12.1 Å². The van der Waals surface area contributed by atoms with E-state index in [0.717, 1.165) is 25.7 Å². The van der Waals surface area contributed by atoms with E-state index in [2.05, 4.69) is 18.8 Å². The summed E-state index contributed by atoms with van der Waals surface area (Å²) in [6.07, 6.45) is 3.67. The lowest BCUT2D eigenvalue weighted by Gasteiger charge is -2.12. The van der Waals surface area contributed by atoms with Gasteiger partial charge in [-0.05, 0) is 24.5 Å². The van der Waals surface area contributed by atoms with Crippen molar-refractivity contribution in [3.8, 4) is 0 Å². The zero-order valence-electron chi connectivity index (χ0n) is 13.6. The van der Waals surface area contributed by atoms with Gasteiger partial charge in [0.2, 0.25) is 0 Å². The first-order valence-corrected chi connectivity index (χ1v) is 7.93. The number of ether oxygens (including phenoxy) is 2. The minimum Gasteiger partial charge on any atom is -0.461 e. The van der Waals surface area contributed by atoms with Gasteiger partial charge in [-0.15, -0.1) is 0 Å². The van der Waals surface area contributed by atoms with Crippen molar-refractivity contribution in [2.75, 3.05) is 13.2 Å². The average molecular weight is 307 g/mol. The third-order valence-electron chi connectivity index (χ3n) is 3.50. The number of carbonyl (C=O) groups excluding carboxylic acids is 2. The highest BCUT2D eigenvalue weighted by Gasteiger charge is 2.15. The van der Waals surface area contributed by atoms with Crippen LogP contribution >= 0.6 is 0 Å². The fourth-order valence-corrected chi connectivity index (χ4v) is 1.84. The fourth-order valence-electron chi connectivity index (χ4n) is 1.84. The SMILES string of the molecule is CCCCOC(=O)c1cccc(C(=O)OCC(CC)CC)n1. The molecule has 0 saturated heterocycles. The molecule has 0 bridgehead atoms. The molecule has 1 heterocycles. The summed E-state index contributed by atoms with van der Waals surface area (Å²) < 4.78 is 10.3. The lowest BCUT2D eigenvalue weighted by Crippen LogP contribution is -2.16. The van der Waals surface area contributed by atoms with E-state index < -0.39 is 11.9 Å². The smallest absolute Gasteiger partial charge is 0.356 e. The topological polar surface area (TPSA) is 65.5 Å². The van der Waals surface area contributed by atoms with Crippen molar-refractivity contribution < 1.29 is 19.1 Å². The summed E-state index contributed by atoms with van der Waals surface area (Å²) in [4.78, 5) is 27.8. The minimum absolute atomic E-state index is 0.132. The maximum Gasteiger partial charge on any atom is 0.356 e. The Morgan fingerprint density at radius 3 is 2.18 bits per heavy atom. The lowest BCUT2D eigenvalue weighted by atomic mass is 10.1. The monoisotopic (exact) mass is 307 g/mol. The van der Waals surface area contributed by atoms with Crippen LogP contribution in [0.15, 0.2) is 18.2 Å². The Balaban J connectivity index is 2.62. The second-order valence-corrected chi connectivity index (χ2v) is 5.18. The van der Waals surface area contributed by atoms with Gasteiger partial charge >= 0.3 is 11.9 Å². The second kappa shape index (κ2) is 9.92. The first-order chi connectivity index (χ1) is 10.6. The number of hydrogen-bond donors (Lipinski definition) is 0. The Hall–Kier alpha value is -1.91. The molecule has 0 spiro atoms. The van der Waals surface area contributed by atoms with Gasteiger partial charge in [0.1, 0.15) is 11.4 Å². The number of esters is 2. The zero-order chi connectivity index (χ0) is 16.4. The molecule has 0 atom stereocenters. The molecule has 0 radical (unpaired) electrons. The van der Waals surface area contributed by atoms with Crippen LogP contribution < -0.4 is 0 Å². The molecule has 0 N–H and O–H groups in total. The summed E-state index contributed by atoms with van der Waals surface area (Å²) in [5, 5.41) is 0. The zero-order valence-corrected chi connectivity index (χ0v) is 13.6. The predicted octanol–water partition coefficient (Wildman–Crippen LogP) is 3.63. The molecule has 1 rings (SSSR count). The molecule has 0 aliphatic carbocycles. The standard InChI is InChI=1S/C17H25NO4/c1-4-7-11-21-16(19)14-9-8-10-15(18-14)17(20)22-12-13(5-2)6-3/h8-10,13H,4-7,11-12H2,1-3H3. The summed E-state index contributed by atoms with van der Waals surface area (Å²) in [7, 11) is 0. The number of unbranched alkanes of at least 4 members (excludes halogenated alkanes) is 1. The summed E-state index contributed by atoms with van der Waals surface area (Å²) in [6, 6.07) is 4.68. The number of aromatic nitrogens is 1. The Kier molecular flexibility index (Phi) is 8.18. The van der Waals surface area contributed by atoms with Gasteiger partial charge in [0.05, 0.1) is 13.2 Å². The molecule has 0 fully saturated rings. The molecule has 22 heavy (non-hydrogen) atoms. The van der Waals surface area contributed by atoms with Gasteiger partial charge in [0.25, 0.3) is 0 Å². The first-order valence-electron chi connectivity index (χ1n) is 7.93. The van der Waals surface area contributed by atoms with Crippen molar-refractivity contribution in [1.29, 1.82) is 0 Å². The molecule has 5 heteroatoms. The highest BCUT2D eigenvalue weighted by atomic mass is 16.5. The Morgan fingerprint density at radius 1 is 1.05 bits per heavy atom. The van der Waals surface area contributed by atoms with Crippen LogP contribution in [0.4, 0.5) is 0 Å². The fraction of sp³-hybridized carbons (Fsp3) is 0.588. The number of hydrogen-bond acceptors (Lipinski definition) is 5. The van der Waals surface area contributed by atoms with Crippen molar-refractivity contribution >= 4 is 11.9 Å². The van der Waals surface area contributed by atoms with Gasteiger partial charge in [0, 0.05) is 0 Å². The summed E-state index contributed by atoms with van der Waals surface area (Å²) >= 11 is 0. The first kappa shape index (κ1) is 18.1. The summed E-state index contributed by atoms with van der Waals surface area (Å²) in [5.41, 5.74) is 0.268. The molecule has 5 nitrogen and oxygen atoms in total. The van der Waals surface area contributed by atoms with Crippen LogP contribution in [0.5, 0.6) is 0 Å². The van der Waals surface area contributed by atoms with Crippen LogP contribution in [0.2, 0.25) is 0 Å². The summed E-state index contributed by atoms with van der Waals surface area (Å²) in [6.45, 7) is 6.88. The van der Waals surface area contributed by atoms with Crippen molar-refractivity contribution in [3.63, 3.8) is 0 Å². The van der Waals surface area contributed by atoms with E-state index in [1.54, 1.807) is 6.07 Å². The van der Waals surface area contributed by atoms with Gasteiger partial charge in [-0.1, -0.05) is 46.1 Å². The minimum atomic E-state index is -0.511. The highest BCUT2D eigenvalue weighted by Crippen LogP contribution is 2.10. The molecule has 122 valence electrons. The molecular weight excluding hydrogens is 282 g/mol. The van der Waals surface area contributed by atoms with Crippen LogP contribution in [-0.2, 0) is 9.47 Å². The van der Waals surface area contributed by atoms with Gasteiger partial charge in [0.15, 0.2) is 0 Å². The average Bonchev–Trinajstić information content (AvgIpc) is 2.55. The number of pyridine rings is 1. The van der Waals surface area contributed by atoms with E-state index in [9.17, 15) is 9.59 Å². The number of rotatable bonds is 9. The van der Waals surface area contributed by atoms with Crippen molar-refractivity contribution in [3.05, 3.63) is 29.6 Å². The highest BCUT2D eigenvalue weighted by molar-refractivity contribution is 5.91. The van der Waals surface area contributed by atoms with Gasteiger partial charge < -0.3 is 9.47 Å². The van der Waals surface area contributed by atoms with E-state index >= 15 is 0 Å². The Bertz CT molecular complexity index is 483. The molecule has 0 aliphatic heterocycles. The molecule has 0 unspecified atom stereocenters. The molecule has 0 saturated carbocycles. The van der Waals surface area contributed by atoms with Crippen LogP contribution in [0, 0.1) is 5.92 Å². The van der Waals surface area contributed by atoms with Crippen molar-refractivity contribution in [2.24, 2.45) is 5.92 Å². The quantitative estimate of drug-likeness (QED) is 0.515. The van der Waals surface area contributed by atoms with E-state index in [-0.39, 0.29) is 11.4 Å². The number of nitrogens with zero attached hydrogens (tertiary/aromatic N) is 1.